The number of alkyl halides is 2. The van der Waals surface area contributed by atoms with Crippen LogP contribution in [0.25, 0.3) is 0 Å². The first-order valence-corrected chi connectivity index (χ1v) is 4.26. The van der Waals surface area contributed by atoms with Crippen LogP contribution in [-0.4, -0.2) is 13.0 Å². The normalized spacial score (nSPS) is 17.9. The van der Waals surface area contributed by atoms with Gasteiger partial charge in [-0.3, -0.25) is 4.52 Å². The van der Waals surface area contributed by atoms with Crippen LogP contribution in [0.2, 0.25) is 0 Å². The number of rotatable bonds is 3. The maximum Gasteiger partial charge on any atom is 0.461 e. The zero-order valence-corrected chi connectivity index (χ0v) is 5.71. The van der Waals surface area contributed by atoms with E-state index in [1.165, 1.54) is 0 Å². The summed E-state index contributed by atoms with van der Waals surface area (Å²) < 4.78 is 46.8. The van der Waals surface area contributed by atoms with Crippen molar-refractivity contribution >= 4 is 18.3 Å². The monoisotopic (exact) mass is 182 g/mol. The molecular weight excluding hydrogens is 179 g/mol. The first-order valence-electron chi connectivity index (χ1n) is 1.84. The lowest BCUT2D eigenvalue weighted by Gasteiger charge is -1.99. The van der Waals surface area contributed by atoms with Gasteiger partial charge in [0.05, 0.1) is 0 Å². The van der Waals surface area contributed by atoms with Crippen LogP contribution in [0.3, 0.4) is 0 Å². The van der Waals surface area contributed by atoms with Crippen LogP contribution in [-0.2, 0) is 9.09 Å². The van der Waals surface area contributed by atoms with Crippen molar-refractivity contribution in [2.75, 3.05) is 6.61 Å². The van der Waals surface area contributed by atoms with E-state index in [1.807, 2.05) is 0 Å². The standard InChI is InChI=1S/C2H3ClF3O2P/c3-9(6,7)8-1-2(4)5/h2H,1H2. The summed E-state index contributed by atoms with van der Waals surface area (Å²) in [5.74, 6) is 0. The van der Waals surface area contributed by atoms with Gasteiger partial charge in [-0.15, -0.1) is 4.20 Å². The molecule has 1 atom stereocenters. The van der Waals surface area contributed by atoms with Gasteiger partial charge in [-0.2, -0.15) is 0 Å². The summed E-state index contributed by atoms with van der Waals surface area (Å²) in [5, 5.41) is 0. The highest BCUT2D eigenvalue weighted by Gasteiger charge is 2.19. The molecule has 0 saturated heterocycles. The van der Waals surface area contributed by atoms with Crippen LogP contribution in [0, 0.1) is 0 Å². The van der Waals surface area contributed by atoms with Gasteiger partial charge in [-0.1, -0.05) is 0 Å². The molecule has 0 rings (SSSR count). The number of hydrogen-bond acceptors (Lipinski definition) is 2. The quantitative estimate of drug-likeness (QED) is 0.627. The van der Waals surface area contributed by atoms with Gasteiger partial charge in [0.1, 0.15) is 6.61 Å². The Balaban J connectivity index is 3.40. The van der Waals surface area contributed by atoms with E-state index in [0.29, 0.717) is 0 Å². The Kier molecular flexibility index (Phi) is 3.54. The zero-order chi connectivity index (χ0) is 7.49. The highest BCUT2D eigenvalue weighted by Crippen LogP contribution is 2.54. The van der Waals surface area contributed by atoms with Gasteiger partial charge in [0.2, 0.25) is 0 Å². The zero-order valence-electron chi connectivity index (χ0n) is 4.06. The molecule has 0 saturated carbocycles. The van der Waals surface area contributed by atoms with Crippen LogP contribution in [0.5, 0.6) is 0 Å². The minimum absolute atomic E-state index is 1.24. The Hall–Kier alpha value is 0.270. The van der Waals surface area contributed by atoms with Crippen molar-refractivity contribution in [1.82, 2.24) is 0 Å². The summed E-state index contributed by atoms with van der Waals surface area (Å²) in [6.07, 6.45) is -2.85. The second-order valence-corrected chi connectivity index (χ2v) is 3.40. The maximum absolute atomic E-state index is 11.5. The van der Waals surface area contributed by atoms with E-state index in [0.717, 1.165) is 0 Å². The summed E-state index contributed by atoms with van der Waals surface area (Å²) in [5.41, 5.74) is 0. The second kappa shape index (κ2) is 3.44. The lowest BCUT2D eigenvalue weighted by Crippen LogP contribution is -1.99. The Bertz CT molecular complexity index is 123. The lowest BCUT2D eigenvalue weighted by atomic mass is 10.8. The SMILES string of the molecule is O=P(F)(Cl)OCC(F)F. The van der Waals surface area contributed by atoms with Gasteiger partial charge in [-0.05, 0) is 0 Å². The average Bonchev–Trinajstić information content (AvgIpc) is 1.59. The molecule has 0 bridgehead atoms. The largest absolute Gasteiger partial charge is 0.461 e. The van der Waals surface area contributed by atoms with Gasteiger partial charge in [0.25, 0.3) is 6.43 Å². The molecule has 0 aromatic heterocycles. The minimum Gasteiger partial charge on any atom is -0.288 e. The van der Waals surface area contributed by atoms with Gasteiger partial charge >= 0.3 is 7.03 Å². The minimum atomic E-state index is -4.73. The summed E-state index contributed by atoms with van der Waals surface area (Å²) in [6.45, 7) is -1.24. The Labute approximate surface area is 54.3 Å². The smallest absolute Gasteiger partial charge is 0.288 e. The molecule has 7 heteroatoms. The molecule has 1 unspecified atom stereocenters. The third kappa shape index (κ3) is 8.27. The summed E-state index contributed by atoms with van der Waals surface area (Å²) in [4.78, 5) is 0. The highest BCUT2D eigenvalue weighted by atomic mass is 35.7. The molecule has 0 heterocycles. The molecule has 9 heavy (non-hydrogen) atoms. The first-order chi connectivity index (χ1) is 3.92. The molecule has 0 radical (unpaired) electrons. The lowest BCUT2D eigenvalue weighted by molar-refractivity contribution is 0.0813. The van der Waals surface area contributed by atoms with Crippen LogP contribution >= 0.6 is 18.3 Å². The topological polar surface area (TPSA) is 26.3 Å². The van der Waals surface area contributed by atoms with Crippen LogP contribution in [0.15, 0.2) is 0 Å². The summed E-state index contributed by atoms with van der Waals surface area (Å²) >= 11 is 4.31. The average molecular weight is 182 g/mol. The maximum atomic E-state index is 11.5. The molecule has 0 aromatic carbocycles. The van der Waals surface area contributed by atoms with Crippen LogP contribution in [0.1, 0.15) is 0 Å². The molecule has 0 amide bonds. The number of hydrogen-bond donors (Lipinski definition) is 0. The van der Waals surface area contributed by atoms with Crippen LogP contribution in [0.4, 0.5) is 13.0 Å². The predicted octanol–water partition coefficient (Wildman–Crippen LogP) is 2.58. The van der Waals surface area contributed by atoms with E-state index in [4.69, 9.17) is 0 Å². The highest BCUT2D eigenvalue weighted by molar-refractivity contribution is 7.81. The van der Waals surface area contributed by atoms with Gasteiger partial charge in [0, 0.05) is 11.2 Å². The van der Waals surface area contributed by atoms with E-state index >= 15 is 0 Å². The van der Waals surface area contributed by atoms with Crippen molar-refractivity contribution in [2.45, 2.75) is 6.43 Å². The Morgan fingerprint density at radius 3 is 2.22 bits per heavy atom. The fourth-order valence-corrected chi connectivity index (χ4v) is 0.598. The van der Waals surface area contributed by atoms with Crippen molar-refractivity contribution in [3.05, 3.63) is 0 Å². The van der Waals surface area contributed by atoms with E-state index in [1.54, 1.807) is 0 Å². The van der Waals surface area contributed by atoms with Gasteiger partial charge < -0.3 is 0 Å². The molecule has 2 nitrogen and oxygen atoms in total. The molecular formula is C2H3ClF3O2P. The first kappa shape index (κ1) is 9.27. The third-order valence-corrected chi connectivity index (χ3v) is 1.09. The van der Waals surface area contributed by atoms with E-state index in [9.17, 15) is 17.5 Å². The molecule has 56 valence electrons. The van der Waals surface area contributed by atoms with Crippen LogP contribution < -0.4 is 0 Å². The fourth-order valence-electron chi connectivity index (χ4n) is 0.143. The molecule has 0 fully saturated rings. The third-order valence-electron chi connectivity index (χ3n) is 0.351. The summed E-state index contributed by atoms with van der Waals surface area (Å²) in [6, 6.07) is 0. The predicted molar refractivity (Wildman–Crippen MR) is 26.5 cm³/mol. The molecule has 0 aromatic rings. The second-order valence-electron chi connectivity index (χ2n) is 1.10. The van der Waals surface area contributed by atoms with E-state index in [-0.39, 0.29) is 0 Å². The Morgan fingerprint density at radius 1 is 1.67 bits per heavy atom. The van der Waals surface area contributed by atoms with Crippen molar-refractivity contribution in [2.24, 2.45) is 0 Å². The van der Waals surface area contributed by atoms with Gasteiger partial charge in [-0.25, -0.2) is 13.3 Å². The van der Waals surface area contributed by atoms with Crippen molar-refractivity contribution in [3.63, 3.8) is 0 Å². The van der Waals surface area contributed by atoms with E-state index in [2.05, 4.69) is 15.8 Å². The summed E-state index contributed by atoms with van der Waals surface area (Å²) in [7, 11) is -4.73. The van der Waals surface area contributed by atoms with E-state index < -0.39 is 20.1 Å². The fraction of sp³-hybridized carbons (Fsp3) is 1.00. The van der Waals surface area contributed by atoms with Gasteiger partial charge in [0.15, 0.2) is 0 Å². The molecule has 0 spiro atoms. The molecule has 0 N–H and O–H groups in total. The molecule has 0 aliphatic heterocycles. The van der Waals surface area contributed by atoms with Crippen molar-refractivity contribution < 1.29 is 22.1 Å². The van der Waals surface area contributed by atoms with Crippen molar-refractivity contribution in [1.29, 1.82) is 0 Å². The molecule has 0 aliphatic rings. The Morgan fingerprint density at radius 2 is 2.11 bits per heavy atom. The molecule has 0 aliphatic carbocycles. The van der Waals surface area contributed by atoms with Crippen molar-refractivity contribution in [3.8, 4) is 0 Å². The number of halogens is 4.